The van der Waals surface area contributed by atoms with Gasteiger partial charge in [-0.25, -0.2) is 9.59 Å². The molecule has 1 unspecified atom stereocenters. The largest absolute Gasteiger partial charge is 0.480 e. The van der Waals surface area contributed by atoms with Crippen molar-refractivity contribution in [1.82, 2.24) is 15.5 Å². The molecule has 0 aromatic rings. The van der Waals surface area contributed by atoms with Crippen molar-refractivity contribution in [2.75, 3.05) is 20.6 Å². The van der Waals surface area contributed by atoms with Crippen molar-refractivity contribution in [2.24, 2.45) is 0 Å². The summed E-state index contributed by atoms with van der Waals surface area (Å²) in [6.45, 7) is 2.56. The van der Waals surface area contributed by atoms with E-state index in [1.807, 2.05) is 21.0 Å². The number of nitrogens with one attached hydrogen (secondary N) is 2. The molecule has 3 N–H and O–H groups in total. The van der Waals surface area contributed by atoms with Crippen LogP contribution in [-0.4, -0.2) is 54.2 Å². The molecule has 0 heterocycles. The first-order chi connectivity index (χ1) is 9.91. The van der Waals surface area contributed by atoms with Crippen LogP contribution in [0.2, 0.25) is 0 Å². The van der Waals surface area contributed by atoms with Crippen LogP contribution in [-0.2, 0) is 4.79 Å². The minimum Gasteiger partial charge on any atom is -0.480 e. The number of carboxylic acid groups (broad SMARTS) is 1. The number of hydrogen-bond donors (Lipinski definition) is 3. The lowest BCUT2D eigenvalue weighted by atomic mass is 9.96. The molecule has 0 bridgehead atoms. The molecule has 0 aromatic heterocycles. The summed E-state index contributed by atoms with van der Waals surface area (Å²) in [5.74, 6) is -0.971. The highest BCUT2D eigenvalue weighted by atomic mass is 16.4. The first-order valence-corrected chi connectivity index (χ1v) is 7.86. The van der Waals surface area contributed by atoms with Crippen molar-refractivity contribution in [3.63, 3.8) is 0 Å². The highest BCUT2D eigenvalue weighted by molar-refractivity contribution is 5.82. The smallest absolute Gasteiger partial charge is 0.326 e. The van der Waals surface area contributed by atoms with Gasteiger partial charge in [0, 0.05) is 12.1 Å². The predicted octanol–water partition coefficient (Wildman–Crippen LogP) is 1.80. The Morgan fingerprint density at radius 2 is 1.90 bits per heavy atom. The normalized spacial score (nSPS) is 18.5. The van der Waals surface area contributed by atoms with Crippen LogP contribution in [0.4, 0.5) is 4.79 Å². The van der Waals surface area contributed by atoms with Gasteiger partial charge in [-0.15, -0.1) is 0 Å². The molecule has 6 heteroatoms. The quantitative estimate of drug-likeness (QED) is 0.638. The van der Waals surface area contributed by atoms with E-state index in [2.05, 4.69) is 15.5 Å². The molecule has 0 spiro atoms. The number of rotatable bonds is 8. The third-order valence-corrected chi connectivity index (χ3v) is 4.51. The van der Waals surface area contributed by atoms with Crippen LogP contribution in [0, 0.1) is 0 Å². The summed E-state index contributed by atoms with van der Waals surface area (Å²) in [7, 11) is 4.07. The summed E-state index contributed by atoms with van der Waals surface area (Å²) in [6, 6.07) is -1.18. The molecule has 122 valence electrons. The van der Waals surface area contributed by atoms with E-state index in [1.165, 1.54) is 12.8 Å². The van der Waals surface area contributed by atoms with Crippen LogP contribution in [0.25, 0.3) is 0 Å². The second kappa shape index (κ2) is 8.22. The van der Waals surface area contributed by atoms with E-state index in [0.29, 0.717) is 13.0 Å². The molecule has 1 aliphatic rings. The number of hydrogen-bond acceptors (Lipinski definition) is 3. The zero-order chi connectivity index (χ0) is 15.9. The van der Waals surface area contributed by atoms with Crippen molar-refractivity contribution in [3.05, 3.63) is 0 Å². The standard InChI is InChI=1S/C15H29N3O3/c1-4-5-8-12(13(19)20)17-14(21)16-11-15(18(2)3)9-6-7-10-15/h12H,4-11H2,1-3H3,(H,19,20)(H2,16,17,21). The number of urea groups is 1. The van der Waals surface area contributed by atoms with E-state index in [-0.39, 0.29) is 11.6 Å². The average molecular weight is 299 g/mol. The summed E-state index contributed by atoms with van der Waals surface area (Å²) >= 11 is 0. The van der Waals surface area contributed by atoms with Gasteiger partial charge in [-0.1, -0.05) is 32.6 Å². The van der Waals surface area contributed by atoms with Gasteiger partial charge in [0.05, 0.1) is 0 Å². The molecule has 1 aliphatic carbocycles. The number of carboxylic acids is 1. The third-order valence-electron chi connectivity index (χ3n) is 4.51. The minimum absolute atomic E-state index is 0.0134. The van der Waals surface area contributed by atoms with Crippen LogP contribution in [0.15, 0.2) is 0 Å². The number of likely N-dealkylation sites (N-methyl/N-ethyl adjacent to an activating group) is 1. The molecule has 1 saturated carbocycles. The Balaban J connectivity index is 2.46. The Bertz CT molecular complexity index is 352. The molecular formula is C15H29N3O3. The van der Waals surface area contributed by atoms with E-state index in [0.717, 1.165) is 25.7 Å². The SMILES string of the molecule is CCCCC(NC(=O)NCC1(N(C)C)CCCC1)C(=O)O. The fraction of sp³-hybridized carbons (Fsp3) is 0.867. The summed E-state index contributed by atoms with van der Waals surface area (Å²) in [6.07, 6.45) is 6.66. The van der Waals surface area contributed by atoms with Crippen LogP contribution < -0.4 is 10.6 Å². The Morgan fingerprint density at radius 3 is 2.38 bits per heavy atom. The van der Waals surface area contributed by atoms with Crippen LogP contribution >= 0.6 is 0 Å². The maximum absolute atomic E-state index is 11.9. The Hall–Kier alpha value is -1.30. The summed E-state index contributed by atoms with van der Waals surface area (Å²) < 4.78 is 0. The predicted molar refractivity (Wildman–Crippen MR) is 82.4 cm³/mol. The number of aliphatic carboxylic acids is 1. The Labute approximate surface area is 127 Å². The molecule has 0 radical (unpaired) electrons. The molecule has 1 atom stereocenters. The number of carbonyl (C=O) groups excluding carboxylic acids is 1. The van der Waals surface area contributed by atoms with Crippen molar-refractivity contribution in [2.45, 2.75) is 63.5 Å². The highest BCUT2D eigenvalue weighted by Crippen LogP contribution is 2.32. The van der Waals surface area contributed by atoms with Crippen molar-refractivity contribution in [1.29, 1.82) is 0 Å². The molecule has 1 rings (SSSR count). The first kappa shape index (κ1) is 17.8. The second-order valence-corrected chi connectivity index (χ2v) is 6.19. The zero-order valence-electron chi connectivity index (χ0n) is 13.4. The van der Waals surface area contributed by atoms with Crippen LogP contribution in [0.1, 0.15) is 51.9 Å². The van der Waals surface area contributed by atoms with E-state index in [4.69, 9.17) is 5.11 Å². The van der Waals surface area contributed by atoms with Gasteiger partial charge < -0.3 is 20.6 Å². The van der Waals surface area contributed by atoms with E-state index >= 15 is 0 Å². The number of nitrogens with zero attached hydrogens (tertiary/aromatic N) is 1. The topological polar surface area (TPSA) is 81.7 Å². The molecule has 0 saturated heterocycles. The minimum atomic E-state index is -0.971. The average Bonchev–Trinajstić information content (AvgIpc) is 2.91. The lowest BCUT2D eigenvalue weighted by Crippen LogP contribution is -2.54. The maximum Gasteiger partial charge on any atom is 0.326 e. The molecule has 0 aromatic carbocycles. The summed E-state index contributed by atoms with van der Waals surface area (Å²) in [4.78, 5) is 25.2. The summed E-state index contributed by atoms with van der Waals surface area (Å²) in [5.41, 5.74) is 0.0134. The van der Waals surface area contributed by atoms with Gasteiger partial charge in [-0.05, 0) is 33.4 Å². The lowest BCUT2D eigenvalue weighted by Gasteiger charge is -2.36. The second-order valence-electron chi connectivity index (χ2n) is 6.19. The van der Waals surface area contributed by atoms with E-state index in [9.17, 15) is 9.59 Å². The molecule has 2 amide bonds. The monoisotopic (exact) mass is 299 g/mol. The van der Waals surface area contributed by atoms with Gasteiger partial charge in [0.15, 0.2) is 0 Å². The molecule has 21 heavy (non-hydrogen) atoms. The summed E-state index contributed by atoms with van der Waals surface area (Å²) in [5, 5.41) is 14.5. The van der Waals surface area contributed by atoms with Crippen LogP contribution in [0.3, 0.4) is 0 Å². The first-order valence-electron chi connectivity index (χ1n) is 7.86. The van der Waals surface area contributed by atoms with Gasteiger partial charge in [0.25, 0.3) is 0 Å². The van der Waals surface area contributed by atoms with Gasteiger partial charge in [-0.2, -0.15) is 0 Å². The van der Waals surface area contributed by atoms with Crippen LogP contribution in [0.5, 0.6) is 0 Å². The molecule has 0 aliphatic heterocycles. The van der Waals surface area contributed by atoms with E-state index in [1.54, 1.807) is 0 Å². The zero-order valence-corrected chi connectivity index (χ0v) is 13.4. The number of carbonyl (C=O) groups is 2. The fourth-order valence-electron chi connectivity index (χ4n) is 2.93. The molecular weight excluding hydrogens is 270 g/mol. The maximum atomic E-state index is 11.9. The highest BCUT2D eigenvalue weighted by Gasteiger charge is 2.36. The lowest BCUT2D eigenvalue weighted by molar-refractivity contribution is -0.139. The van der Waals surface area contributed by atoms with Crippen molar-refractivity contribution in [3.8, 4) is 0 Å². The number of unbranched alkanes of at least 4 members (excludes halogenated alkanes) is 1. The van der Waals surface area contributed by atoms with Crippen molar-refractivity contribution < 1.29 is 14.7 Å². The van der Waals surface area contributed by atoms with Gasteiger partial charge in [-0.3, -0.25) is 0 Å². The van der Waals surface area contributed by atoms with Gasteiger partial charge in [0.1, 0.15) is 6.04 Å². The third kappa shape index (κ3) is 5.19. The Morgan fingerprint density at radius 1 is 1.29 bits per heavy atom. The fourth-order valence-corrected chi connectivity index (χ4v) is 2.93. The molecule has 1 fully saturated rings. The van der Waals surface area contributed by atoms with E-state index < -0.39 is 12.0 Å². The number of amides is 2. The Kier molecular flexibility index (Phi) is 6.95. The van der Waals surface area contributed by atoms with Crippen molar-refractivity contribution >= 4 is 12.0 Å². The van der Waals surface area contributed by atoms with Gasteiger partial charge >= 0.3 is 12.0 Å². The van der Waals surface area contributed by atoms with Gasteiger partial charge in [0.2, 0.25) is 0 Å². The molecule has 6 nitrogen and oxygen atoms in total.